The topological polar surface area (TPSA) is 70.2 Å². The summed E-state index contributed by atoms with van der Waals surface area (Å²) in [5.74, 6) is 0.383. The third kappa shape index (κ3) is 5.52. The van der Waals surface area contributed by atoms with Gasteiger partial charge in [-0.25, -0.2) is 0 Å². The van der Waals surface area contributed by atoms with Crippen LogP contribution in [-0.2, 0) is 4.79 Å². The maximum atomic E-state index is 12.0. The van der Waals surface area contributed by atoms with E-state index in [1.807, 2.05) is 6.92 Å². The van der Waals surface area contributed by atoms with Gasteiger partial charge in [0.1, 0.15) is 0 Å². The molecule has 0 aliphatic carbocycles. The van der Waals surface area contributed by atoms with Crippen LogP contribution in [-0.4, -0.2) is 31.4 Å². The summed E-state index contributed by atoms with van der Waals surface area (Å²) in [6.45, 7) is 4.65. The summed E-state index contributed by atoms with van der Waals surface area (Å²) in [7, 11) is 0. The van der Waals surface area contributed by atoms with E-state index in [0.29, 0.717) is 35.2 Å². The molecule has 1 aliphatic rings. The van der Waals surface area contributed by atoms with Crippen LogP contribution in [0.3, 0.4) is 0 Å². The first kappa shape index (κ1) is 17.8. The molecule has 23 heavy (non-hydrogen) atoms. The van der Waals surface area contributed by atoms with Crippen LogP contribution in [0.4, 0.5) is 5.69 Å². The number of carbonyl (C=O) groups is 2. The molecule has 0 spiro atoms. The quantitative estimate of drug-likeness (QED) is 0.716. The van der Waals surface area contributed by atoms with Crippen LogP contribution in [0.15, 0.2) is 18.2 Å². The predicted molar refractivity (Wildman–Crippen MR) is 92.9 cm³/mol. The standard InChI is InChI=1S/C17H24ClN3O2/c1-2-8-20-17(23)14-5-4-13(10-15(14)18)21-16(22)6-3-12-7-9-19-11-12/h4-5,10,12,19H,2-3,6-9,11H2,1H3,(H,20,23)(H,21,22). The predicted octanol–water partition coefficient (Wildman–Crippen LogP) is 2.81. The lowest BCUT2D eigenvalue weighted by Gasteiger charge is -2.10. The van der Waals surface area contributed by atoms with Crippen LogP contribution in [0.25, 0.3) is 0 Å². The molecular weight excluding hydrogens is 314 g/mol. The Morgan fingerprint density at radius 1 is 1.39 bits per heavy atom. The molecule has 1 saturated heterocycles. The van der Waals surface area contributed by atoms with Crippen LogP contribution in [0.5, 0.6) is 0 Å². The summed E-state index contributed by atoms with van der Waals surface area (Å²) >= 11 is 6.15. The molecule has 1 aromatic rings. The van der Waals surface area contributed by atoms with E-state index in [0.717, 1.165) is 32.4 Å². The van der Waals surface area contributed by atoms with Gasteiger partial charge in [0.15, 0.2) is 0 Å². The number of benzene rings is 1. The number of halogens is 1. The fourth-order valence-corrected chi connectivity index (χ4v) is 2.90. The van der Waals surface area contributed by atoms with E-state index in [9.17, 15) is 9.59 Å². The number of hydrogen-bond donors (Lipinski definition) is 3. The first-order valence-corrected chi connectivity index (χ1v) is 8.56. The van der Waals surface area contributed by atoms with Gasteiger partial charge < -0.3 is 16.0 Å². The second-order valence-electron chi connectivity index (χ2n) is 5.90. The van der Waals surface area contributed by atoms with Crippen molar-refractivity contribution in [1.29, 1.82) is 0 Å². The molecule has 2 rings (SSSR count). The molecule has 0 radical (unpaired) electrons. The van der Waals surface area contributed by atoms with Crippen molar-refractivity contribution in [2.45, 2.75) is 32.6 Å². The van der Waals surface area contributed by atoms with E-state index in [1.54, 1.807) is 18.2 Å². The van der Waals surface area contributed by atoms with Gasteiger partial charge in [0, 0.05) is 18.7 Å². The van der Waals surface area contributed by atoms with Crippen molar-refractivity contribution in [3.05, 3.63) is 28.8 Å². The van der Waals surface area contributed by atoms with Crippen molar-refractivity contribution in [1.82, 2.24) is 10.6 Å². The fourth-order valence-electron chi connectivity index (χ4n) is 2.63. The van der Waals surface area contributed by atoms with Gasteiger partial charge in [-0.3, -0.25) is 9.59 Å². The number of nitrogens with one attached hydrogen (secondary N) is 3. The van der Waals surface area contributed by atoms with Crippen molar-refractivity contribution in [3.8, 4) is 0 Å². The molecular formula is C17H24ClN3O2. The molecule has 1 heterocycles. The highest BCUT2D eigenvalue weighted by Gasteiger charge is 2.16. The zero-order chi connectivity index (χ0) is 16.7. The Kier molecular flexibility index (Phi) is 6.86. The van der Waals surface area contributed by atoms with E-state index in [4.69, 9.17) is 11.6 Å². The summed E-state index contributed by atoms with van der Waals surface area (Å²) in [5.41, 5.74) is 1.05. The van der Waals surface area contributed by atoms with E-state index >= 15 is 0 Å². The average molecular weight is 338 g/mol. The SMILES string of the molecule is CCCNC(=O)c1ccc(NC(=O)CCC2CCNC2)cc1Cl. The van der Waals surface area contributed by atoms with Crippen molar-refractivity contribution in [2.24, 2.45) is 5.92 Å². The van der Waals surface area contributed by atoms with Crippen LogP contribution >= 0.6 is 11.6 Å². The molecule has 0 saturated carbocycles. The molecule has 3 N–H and O–H groups in total. The van der Waals surface area contributed by atoms with Gasteiger partial charge in [0.2, 0.25) is 5.91 Å². The summed E-state index contributed by atoms with van der Waals surface area (Å²) in [6, 6.07) is 4.98. The van der Waals surface area contributed by atoms with Gasteiger partial charge in [0.05, 0.1) is 10.6 Å². The van der Waals surface area contributed by atoms with Crippen molar-refractivity contribution < 1.29 is 9.59 Å². The minimum atomic E-state index is -0.191. The lowest BCUT2D eigenvalue weighted by molar-refractivity contribution is -0.116. The second kappa shape index (κ2) is 8.89. The van der Waals surface area contributed by atoms with E-state index in [2.05, 4.69) is 16.0 Å². The molecule has 0 bridgehead atoms. The lowest BCUT2D eigenvalue weighted by atomic mass is 10.0. The Morgan fingerprint density at radius 3 is 2.87 bits per heavy atom. The summed E-state index contributed by atoms with van der Waals surface area (Å²) in [4.78, 5) is 23.9. The average Bonchev–Trinajstić information content (AvgIpc) is 3.04. The lowest BCUT2D eigenvalue weighted by Crippen LogP contribution is -2.24. The van der Waals surface area contributed by atoms with E-state index in [-0.39, 0.29) is 11.8 Å². The number of hydrogen-bond acceptors (Lipinski definition) is 3. The first-order chi connectivity index (χ1) is 11.1. The second-order valence-corrected chi connectivity index (χ2v) is 6.30. The molecule has 1 unspecified atom stereocenters. The minimum Gasteiger partial charge on any atom is -0.352 e. The number of carbonyl (C=O) groups excluding carboxylic acids is 2. The molecule has 1 aliphatic heterocycles. The molecule has 126 valence electrons. The maximum Gasteiger partial charge on any atom is 0.252 e. The molecule has 1 atom stereocenters. The normalized spacial score (nSPS) is 17.0. The third-order valence-electron chi connectivity index (χ3n) is 3.98. The van der Waals surface area contributed by atoms with Gasteiger partial charge >= 0.3 is 0 Å². The van der Waals surface area contributed by atoms with Gasteiger partial charge in [0.25, 0.3) is 5.91 Å². The Balaban J connectivity index is 1.86. The molecule has 6 heteroatoms. The fraction of sp³-hybridized carbons (Fsp3) is 0.529. The maximum absolute atomic E-state index is 12.0. The Labute approximate surface area is 142 Å². The van der Waals surface area contributed by atoms with E-state index < -0.39 is 0 Å². The Hall–Kier alpha value is -1.59. The van der Waals surface area contributed by atoms with Crippen LogP contribution < -0.4 is 16.0 Å². The number of amides is 2. The highest BCUT2D eigenvalue weighted by Crippen LogP contribution is 2.22. The monoisotopic (exact) mass is 337 g/mol. The van der Waals surface area contributed by atoms with Crippen molar-refractivity contribution >= 4 is 29.1 Å². The first-order valence-electron chi connectivity index (χ1n) is 8.18. The highest BCUT2D eigenvalue weighted by atomic mass is 35.5. The van der Waals surface area contributed by atoms with Crippen molar-refractivity contribution in [2.75, 3.05) is 25.0 Å². The van der Waals surface area contributed by atoms with E-state index in [1.165, 1.54) is 0 Å². The zero-order valence-corrected chi connectivity index (χ0v) is 14.2. The summed E-state index contributed by atoms with van der Waals surface area (Å²) in [5, 5.41) is 9.27. The smallest absolute Gasteiger partial charge is 0.252 e. The van der Waals surface area contributed by atoms with Gasteiger partial charge in [-0.2, -0.15) is 0 Å². The third-order valence-corrected chi connectivity index (χ3v) is 4.29. The minimum absolute atomic E-state index is 0.0175. The van der Waals surface area contributed by atoms with Crippen molar-refractivity contribution in [3.63, 3.8) is 0 Å². The number of rotatable bonds is 7. The molecule has 1 fully saturated rings. The summed E-state index contributed by atoms with van der Waals surface area (Å²) in [6.07, 6.45) is 3.40. The zero-order valence-electron chi connectivity index (χ0n) is 13.5. The Bertz CT molecular complexity index is 557. The summed E-state index contributed by atoms with van der Waals surface area (Å²) < 4.78 is 0. The van der Waals surface area contributed by atoms with Gasteiger partial charge in [-0.1, -0.05) is 18.5 Å². The van der Waals surface area contributed by atoms with Crippen LogP contribution in [0, 0.1) is 5.92 Å². The number of anilines is 1. The molecule has 1 aromatic carbocycles. The molecule has 5 nitrogen and oxygen atoms in total. The van der Waals surface area contributed by atoms with Gasteiger partial charge in [-0.05, 0) is 56.5 Å². The highest BCUT2D eigenvalue weighted by molar-refractivity contribution is 6.34. The largest absolute Gasteiger partial charge is 0.352 e. The molecule has 0 aromatic heterocycles. The Morgan fingerprint density at radius 2 is 2.22 bits per heavy atom. The van der Waals surface area contributed by atoms with Crippen LogP contribution in [0.1, 0.15) is 43.0 Å². The molecule has 2 amide bonds. The van der Waals surface area contributed by atoms with Crippen LogP contribution in [0.2, 0.25) is 5.02 Å². The van der Waals surface area contributed by atoms with Gasteiger partial charge in [-0.15, -0.1) is 0 Å².